The van der Waals surface area contributed by atoms with Crippen molar-refractivity contribution in [3.63, 3.8) is 0 Å². The van der Waals surface area contributed by atoms with E-state index in [1.165, 1.54) is 12.1 Å². The van der Waals surface area contributed by atoms with Gasteiger partial charge in [0.2, 0.25) is 5.76 Å². The zero-order chi connectivity index (χ0) is 12.4. The van der Waals surface area contributed by atoms with Crippen LogP contribution in [0.5, 0.6) is 0 Å². The van der Waals surface area contributed by atoms with E-state index < -0.39 is 18.5 Å². The molecule has 0 aliphatic rings. The Balaban J connectivity index is 2.52. The van der Waals surface area contributed by atoms with Crippen LogP contribution in [-0.4, -0.2) is 16.2 Å². The third-order valence-electron chi connectivity index (χ3n) is 2.25. The van der Waals surface area contributed by atoms with Crippen molar-refractivity contribution in [1.82, 2.24) is 5.16 Å². The monoisotopic (exact) mass is 239 g/mol. The normalized spacial score (nSPS) is 10.5. The Bertz CT molecular complexity index is 566. The van der Waals surface area contributed by atoms with Crippen molar-refractivity contribution >= 4 is 5.97 Å². The van der Waals surface area contributed by atoms with Crippen molar-refractivity contribution in [2.75, 3.05) is 0 Å². The van der Waals surface area contributed by atoms with Crippen LogP contribution in [0.4, 0.5) is 8.78 Å². The van der Waals surface area contributed by atoms with Gasteiger partial charge in [-0.3, -0.25) is 0 Å². The van der Waals surface area contributed by atoms with Crippen molar-refractivity contribution in [2.24, 2.45) is 0 Å². The van der Waals surface area contributed by atoms with Gasteiger partial charge in [0, 0.05) is 17.2 Å². The molecule has 1 heterocycles. The van der Waals surface area contributed by atoms with Crippen molar-refractivity contribution in [2.45, 2.75) is 6.67 Å². The first kappa shape index (κ1) is 11.3. The molecule has 1 aromatic carbocycles. The fourth-order valence-electron chi connectivity index (χ4n) is 1.44. The van der Waals surface area contributed by atoms with E-state index in [9.17, 15) is 13.6 Å². The van der Waals surface area contributed by atoms with Gasteiger partial charge in [-0.05, 0) is 6.07 Å². The Morgan fingerprint density at radius 2 is 2.24 bits per heavy atom. The molecule has 1 aromatic heterocycles. The summed E-state index contributed by atoms with van der Waals surface area (Å²) in [6, 6.07) is 5.08. The molecule has 0 spiro atoms. The van der Waals surface area contributed by atoms with E-state index in [-0.39, 0.29) is 22.6 Å². The van der Waals surface area contributed by atoms with Crippen LogP contribution in [0.1, 0.15) is 16.1 Å². The number of aromatic nitrogens is 1. The van der Waals surface area contributed by atoms with E-state index in [4.69, 9.17) is 5.11 Å². The summed E-state index contributed by atoms with van der Waals surface area (Å²) < 4.78 is 30.5. The highest BCUT2D eigenvalue weighted by molar-refractivity contribution is 5.85. The molecular formula is C11H7F2NO3. The quantitative estimate of drug-likeness (QED) is 0.894. The maximum Gasteiger partial charge on any atom is 0.374 e. The van der Waals surface area contributed by atoms with Crippen LogP contribution >= 0.6 is 0 Å². The van der Waals surface area contributed by atoms with Gasteiger partial charge in [0.15, 0.2) is 0 Å². The number of carboxylic acid groups (broad SMARTS) is 1. The molecule has 0 saturated carbocycles. The van der Waals surface area contributed by atoms with Crippen LogP contribution < -0.4 is 0 Å². The Morgan fingerprint density at radius 1 is 1.47 bits per heavy atom. The average molecular weight is 239 g/mol. The van der Waals surface area contributed by atoms with Crippen LogP contribution in [-0.2, 0) is 6.67 Å². The van der Waals surface area contributed by atoms with Crippen molar-refractivity contribution in [3.05, 3.63) is 41.4 Å². The first-order chi connectivity index (χ1) is 8.13. The number of nitrogens with zero attached hydrogens (tertiary/aromatic N) is 1. The second kappa shape index (κ2) is 4.32. The SMILES string of the molecule is O=C(O)c1cc(-c2cccc(F)c2CF)no1. The molecule has 0 amide bonds. The molecule has 2 aromatic rings. The van der Waals surface area contributed by atoms with Crippen LogP contribution in [0.3, 0.4) is 0 Å². The molecule has 0 atom stereocenters. The van der Waals surface area contributed by atoms with Crippen LogP contribution in [0, 0.1) is 5.82 Å². The zero-order valence-corrected chi connectivity index (χ0v) is 8.48. The molecule has 0 unspecified atom stereocenters. The molecule has 17 heavy (non-hydrogen) atoms. The second-order valence-corrected chi connectivity index (χ2v) is 3.28. The van der Waals surface area contributed by atoms with Crippen LogP contribution in [0.25, 0.3) is 11.3 Å². The minimum Gasteiger partial charge on any atom is -0.475 e. The van der Waals surface area contributed by atoms with Crippen LogP contribution in [0.15, 0.2) is 28.8 Å². The number of benzene rings is 1. The molecule has 0 aliphatic carbocycles. The van der Waals surface area contributed by atoms with Crippen molar-refractivity contribution in [1.29, 1.82) is 0 Å². The summed E-state index contributed by atoms with van der Waals surface area (Å²) in [6.07, 6.45) is 0. The first-order valence-corrected chi connectivity index (χ1v) is 4.67. The van der Waals surface area contributed by atoms with E-state index in [0.29, 0.717) is 0 Å². The largest absolute Gasteiger partial charge is 0.475 e. The lowest BCUT2D eigenvalue weighted by Crippen LogP contribution is -1.93. The van der Waals surface area contributed by atoms with E-state index in [2.05, 4.69) is 9.68 Å². The van der Waals surface area contributed by atoms with E-state index in [0.717, 1.165) is 12.1 Å². The zero-order valence-electron chi connectivity index (χ0n) is 8.48. The number of hydrogen-bond acceptors (Lipinski definition) is 3. The maximum absolute atomic E-state index is 13.3. The standard InChI is InChI=1S/C11H7F2NO3/c12-5-7-6(2-1-3-8(7)13)9-4-10(11(15)16)17-14-9/h1-4H,5H2,(H,15,16). The number of carbonyl (C=O) groups is 1. The summed E-state index contributed by atoms with van der Waals surface area (Å²) >= 11 is 0. The number of rotatable bonds is 3. The Hall–Kier alpha value is -2.24. The number of carboxylic acids is 1. The summed E-state index contributed by atoms with van der Waals surface area (Å²) in [6.45, 7) is -1.00. The Labute approximate surface area is 94.5 Å². The highest BCUT2D eigenvalue weighted by Crippen LogP contribution is 2.26. The first-order valence-electron chi connectivity index (χ1n) is 4.67. The van der Waals surface area contributed by atoms with Gasteiger partial charge in [0.1, 0.15) is 18.2 Å². The molecule has 4 nitrogen and oxygen atoms in total. The number of alkyl halides is 1. The van der Waals surface area contributed by atoms with Gasteiger partial charge in [0.05, 0.1) is 0 Å². The molecule has 0 radical (unpaired) electrons. The number of aromatic carboxylic acids is 1. The minimum absolute atomic E-state index is 0.0922. The molecule has 0 fully saturated rings. The molecule has 0 aliphatic heterocycles. The predicted octanol–water partition coefficient (Wildman–Crippen LogP) is 2.65. The number of halogens is 2. The second-order valence-electron chi connectivity index (χ2n) is 3.28. The Kier molecular flexibility index (Phi) is 2.86. The highest BCUT2D eigenvalue weighted by Gasteiger charge is 2.16. The van der Waals surface area contributed by atoms with Crippen molar-refractivity contribution < 1.29 is 23.2 Å². The van der Waals surface area contributed by atoms with E-state index in [1.54, 1.807) is 0 Å². The van der Waals surface area contributed by atoms with Gasteiger partial charge in [-0.15, -0.1) is 0 Å². The van der Waals surface area contributed by atoms with Crippen LogP contribution in [0.2, 0.25) is 0 Å². The molecular weight excluding hydrogens is 232 g/mol. The minimum atomic E-state index is -1.29. The molecule has 1 N–H and O–H groups in total. The fraction of sp³-hybridized carbons (Fsp3) is 0.0909. The summed E-state index contributed by atoms with van der Waals surface area (Å²) in [4.78, 5) is 10.6. The molecule has 0 bridgehead atoms. The molecule has 0 saturated heterocycles. The highest BCUT2D eigenvalue weighted by atomic mass is 19.1. The van der Waals surface area contributed by atoms with Gasteiger partial charge >= 0.3 is 5.97 Å². The van der Waals surface area contributed by atoms with E-state index in [1.807, 2.05) is 0 Å². The summed E-state index contributed by atoms with van der Waals surface area (Å²) in [5.74, 6) is -2.37. The number of hydrogen-bond donors (Lipinski definition) is 1. The lowest BCUT2D eigenvalue weighted by molar-refractivity contribution is 0.0652. The van der Waals surface area contributed by atoms with E-state index >= 15 is 0 Å². The van der Waals surface area contributed by atoms with Gasteiger partial charge < -0.3 is 9.63 Å². The predicted molar refractivity (Wildman–Crippen MR) is 53.7 cm³/mol. The van der Waals surface area contributed by atoms with Gasteiger partial charge in [-0.1, -0.05) is 17.3 Å². The lowest BCUT2D eigenvalue weighted by atomic mass is 10.0. The summed E-state index contributed by atoms with van der Waals surface area (Å²) in [7, 11) is 0. The topological polar surface area (TPSA) is 63.3 Å². The third-order valence-corrected chi connectivity index (χ3v) is 2.25. The summed E-state index contributed by atoms with van der Waals surface area (Å²) in [5.41, 5.74) is 0.107. The molecule has 2 rings (SSSR count). The molecule has 6 heteroatoms. The molecule has 88 valence electrons. The van der Waals surface area contributed by atoms with Gasteiger partial charge in [-0.2, -0.15) is 0 Å². The fourth-order valence-corrected chi connectivity index (χ4v) is 1.44. The summed E-state index contributed by atoms with van der Waals surface area (Å²) in [5, 5.41) is 12.1. The maximum atomic E-state index is 13.3. The third kappa shape index (κ3) is 2.01. The van der Waals surface area contributed by atoms with Gasteiger partial charge in [0.25, 0.3) is 0 Å². The van der Waals surface area contributed by atoms with Crippen molar-refractivity contribution in [3.8, 4) is 11.3 Å². The lowest BCUT2D eigenvalue weighted by Gasteiger charge is -2.03. The van der Waals surface area contributed by atoms with Gasteiger partial charge in [-0.25, -0.2) is 13.6 Å². The average Bonchev–Trinajstić information content (AvgIpc) is 2.77. The smallest absolute Gasteiger partial charge is 0.374 e. The Morgan fingerprint density at radius 3 is 2.82 bits per heavy atom.